The van der Waals surface area contributed by atoms with E-state index in [0.29, 0.717) is 26.0 Å². The van der Waals surface area contributed by atoms with Crippen LogP contribution in [0.25, 0.3) is 0 Å². The van der Waals surface area contributed by atoms with Crippen molar-refractivity contribution in [2.45, 2.75) is 31.8 Å². The number of rotatable bonds is 2. The lowest BCUT2D eigenvalue weighted by molar-refractivity contribution is -0.156. The number of amides is 2. The number of ether oxygens (including phenoxy) is 2. The van der Waals surface area contributed by atoms with E-state index in [1.54, 1.807) is 11.8 Å². The van der Waals surface area contributed by atoms with Crippen LogP contribution in [0.5, 0.6) is 0 Å². The van der Waals surface area contributed by atoms with Crippen LogP contribution in [0.2, 0.25) is 0 Å². The molecule has 2 amide bonds. The molecule has 2 fully saturated rings. The third-order valence-electron chi connectivity index (χ3n) is 3.54. The second-order valence-corrected chi connectivity index (χ2v) is 4.65. The van der Waals surface area contributed by atoms with Gasteiger partial charge in [-0.05, 0) is 19.8 Å². The first kappa shape index (κ1) is 13.6. The van der Waals surface area contributed by atoms with Crippen molar-refractivity contribution in [1.82, 2.24) is 9.80 Å². The molecule has 2 saturated heterocycles. The zero-order valence-electron chi connectivity index (χ0n) is 11.1. The molecule has 0 saturated carbocycles. The van der Waals surface area contributed by atoms with Gasteiger partial charge in [0.25, 0.3) is 0 Å². The third kappa shape index (κ3) is 2.50. The van der Waals surface area contributed by atoms with E-state index in [0.717, 1.165) is 0 Å². The van der Waals surface area contributed by atoms with Gasteiger partial charge in [-0.1, -0.05) is 0 Å². The lowest BCUT2D eigenvalue weighted by Gasteiger charge is -2.38. The van der Waals surface area contributed by atoms with Gasteiger partial charge in [0.15, 0.2) is 0 Å². The fourth-order valence-electron chi connectivity index (χ4n) is 2.74. The molecule has 2 unspecified atom stereocenters. The number of carbonyl (C=O) groups is 3. The Morgan fingerprint density at radius 1 is 1.37 bits per heavy atom. The highest BCUT2D eigenvalue weighted by Crippen LogP contribution is 2.29. The van der Waals surface area contributed by atoms with Crippen molar-refractivity contribution in [3.63, 3.8) is 0 Å². The largest absolute Gasteiger partial charge is 0.464 e. The van der Waals surface area contributed by atoms with Gasteiger partial charge >= 0.3 is 12.1 Å². The number of carbonyl (C=O) groups excluding carboxylic acids is 3. The summed E-state index contributed by atoms with van der Waals surface area (Å²) in [5, 5.41) is 0. The topological polar surface area (TPSA) is 76.1 Å². The van der Waals surface area contributed by atoms with E-state index in [9.17, 15) is 14.4 Å². The summed E-state index contributed by atoms with van der Waals surface area (Å²) < 4.78 is 9.60. The van der Waals surface area contributed by atoms with Gasteiger partial charge < -0.3 is 14.4 Å². The van der Waals surface area contributed by atoms with E-state index in [1.165, 1.54) is 12.0 Å². The van der Waals surface area contributed by atoms with Gasteiger partial charge in [-0.3, -0.25) is 9.69 Å². The van der Waals surface area contributed by atoms with E-state index in [2.05, 4.69) is 4.74 Å². The summed E-state index contributed by atoms with van der Waals surface area (Å²) in [6.45, 7) is 2.41. The Balaban J connectivity index is 2.07. The van der Waals surface area contributed by atoms with Gasteiger partial charge in [-0.2, -0.15) is 0 Å². The number of hydrogen-bond donors (Lipinski definition) is 0. The molecule has 2 aliphatic rings. The van der Waals surface area contributed by atoms with E-state index in [-0.39, 0.29) is 24.5 Å². The molecule has 0 aromatic rings. The molecule has 0 aliphatic carbocycles. The standard InChI is InChI=1S/C12H18N2O5/c1-3-19-11(16)9-5-4-8-6-13(12(17)18-2)7-10(15)14(8)9/h8-9H,3-7H2,1-2H3. The Morgan fingerprint density at radius 2 is 2.11 bits per heavy atom. The van der Waals surface area contributed by atoms with E-state index in [1.807, 2.05) is 0 Å². The first-order valence-corrected chi connectivity index (χ1v) is 6.39. The normalized spacial score (nSPS) is 26.1. The highest BCUT2D eigenvalue weighted by molar-refractivity contribution is 5.89. The monoisotopic (exact) mass is 270 g/mol. The van der Waals surface area contributed by atoms with Crippen LogP contribution < -0.4 is 0 Å². The van der Waals surface area contributed by atoms with Crippen molar-refractivity contribution in [3.05, 3.63) is 0 Å². The Hall–Kier alpha value is -1.79. The lowest BCUT2D eigenvalue weighted by atomic mass is 10.1. The molecule has 2 heterocycles. The highest BCUT2D eigenvalue weighted by atomic mass is 16.5. The molecule has 0 aromatic carbocycles. The average Bonchev–Trinajstić information content (AvgIpc) is 2.82. The van der Waals surface area contributed by atoms with Crippen LogP contribution >= 0.6 is 0 Å². The summed E-state index contributed by atoms with van der Waals surface area (Å²) in [6, 6.07) is -0.619. The van der Waals surface area contributed by atoms with Crippen molar-refractivity contribution >= 4 is 18.0 Å². The number of hydrogen-bond acceptors (Lipinski definition) is 5. The van der Waals surface area contributed by atoms with Gasteiger partial charge in [-0.25, -0.2) is 9.59 Å². The molecule has 0 aromatic heterocycles. The predicted molar refractivity (Wildman–Crippen MR) is 64.3 cm³/mol. The van der Waals surface area contributed by atoms with E-state index >= 15 is 0 Å². The Kier molecular flexibility index (Phi) is 3.92. The number of nitrogens with zero attached hydrogens (tertiary/aromatic N) is 2. The molecule has 0 spiro atoms. The quantitative estimate of drug-likeness (QED) is 0.660. The smallest absolute Gasteiger partial charge is 0.410 e. The van der Waals surface area contributed by atoms with Gasteiger partial charge in [0.05, 0.1) is 19.8 Å². The van der Waals surface area contributed by atoms with Crippen LogP contribution in [-0.4, -0.2) is 66.7 Å². The zero-order valence-corrected chi connectivity index (χ0v) is 11.1. The lowest BCUT2D eigenvalue weighted by Crippen LogP contribution is -2.58. The van der Waals surface area contributed by atoms with Gasteiger partial charge in [0, 0.05) is 6.54 Å². The minimum Gasteiger partial charge on any atom is -0.464 e. The molecular weight excluding hydrogens is 252 g/mol. The number of methoxy groups -OCH3 is 1. The third-order valence-corrected chi connectivity index (χ3v) is 3.54. The number of fused-ring (bicyclic) bond motifs is 1. The van der Waals surface area contributed by atoms with Crippen LogP contribution in [0.15, 0.2) is 0 Å². The van der Waals surface area contributed by atoms with Crippen LogP contribution in [0.4, 0.5) is 4.79 Å². The summed E-state index contributed by atoms with van der Waals surface area (Å²) in [5.74, 6) is -0.581. The molecule has 2 rings (SSSR count). The maximum absolute atomic E-state index is 12.1. The van der Waals surface area contributed by atoms with Gasteiger partial charge in [-0.15, -0.1) is 0 Å². The van der Waals surface area contributed by atoms with Crippen LogP contribution in [0.3, 0.4) is 0 Å². The maximum Gasteiger partial charge on any atom is 0.410 e. The Bertz CT molecular complexity index is 398. The molecule has 106 valence electrons. The second-order valence-electron chi connectivity index (χ2n) is 4.65. The van der Waals surface area contributed by atoms with E-state index in [4.69, 9.17) is 4.74 Å². The second kappa shape index (κ2) is 5.46. The van der Waals surface area contributed by atoms with Crippen molar-refractivity contribution in [2.24, 2.45) is 0 Å². The Morgan fingerprint density at radius 3 is 2.74 bits per heavy atom. The fraction of sp³-hybridized carbons (Fsp3) is 0.750. The molecule has 0 radical (unpaired) electrons. The zero-order chi connectivity index (χ0) is 14.0. The summed E-state index contributed by atoms with van der Waals surface area (Å²) >= 11 is 0. The summed E-state index contributed by atoms with van der Waals surface area (Å²) in [4.78, 5) is 38.3. The van der Waals surface area contributed by atoms with Crippen molar-refractivity contribution < 1.29 is 23.9 Å². The predicted octanol–water partition coefficient (Wildman–Crippen LogP) is -0.00890. The average molecular weight is 270 g/mol. The number of esters is 1. The highest BCUT2D eigenvalue weighted by Gasteiger charge is 2.46. The first-order chi connectivity index (χ1) is 9.08. The van der Waals surface area contributed by atoms with Crippen LogP contribution in [-0.2, 0) is 19.1 Å². The number of piperazine rings is 1. The van der Waals surface area contributed by atoms with Gasteiger partial charge in [0.1, 0.15) is 12.6 Å². The fourth-order valence-corrected chi connectivity index (χ4v) is 2.74. The summed E-state index contributed by atoms with van der Waals surface area (Å²) in [5.41, 5.74) is 0. The molecule has 7 heteroatoms. The van der Waals surface area contributed by atoms with Crippen LogP contribution in [0.1, 0.15) is 19.8 Å². The molecular formula is C12H18N2O5. The molecule has 0 N–H and O–H groups in total. The minimum atomic E-state index is -0.507. The molecule has 19 heavy (non-hydrogen) atoms. The van der Waals surface area contributed by atoms with E-state index < -0.39 is 12.1 Å². The Labute approximate surface area is 111 Å². The van der Waals surface area contributed by atoms with Crippen LogP contribution in [0, 0.1) is 0 Å². The molecule has 2 atom stereocenters. The van der Waals surface area contributed by atoms with Crippen molar-refractivity contribution in [1.29, 1.82) is 0 Å². The van der Waals surface area contributed by atoms with Crippen molar-refractivity contribution in [2.75, 3.05) is 26.8 Å². The maximum atomic E-state index is 12.1. The SMILES string of the molecule is CCOC(=O)C1CCC2CN(C(=O)OC)CC(=O)N21. The van der Waals surface area contributed by atoms with Crippen molar-refractivity contribution in [3.8, 4) is 0 Å². The molecule has 7 nitrogen and oxygen atoms in total. The minimum absolute atomic E-state index is 0.0426. The first-order valence-electron chi connectivity index (χ1n) is 6.39. The van der Waals surface area contributed by atoms with Gasteiger partial charge in [0.2, 0.25) is 5.91 Å². The summed E-state index contributed by atoms with van der Waals surface area (Å²) in [6.07, 6.45) is 0.778. The molecule has 0 bridgehead atoms. The summed E-state index contributed by atoms with van der Waals surface area (Å²) in [7, 11) is 1.29. The molecule has 2 aliphatic heterocycles.